The van der Waals surface area contributed by atoms with Crippen LogP contribution in [0, 0.1) is 5.92 Å². The minimum Gasteiger partial charge on any atom is -0.325 e. The molecule has 0 aliphatic heterocycles. The van der Waals surface area contributed by atoms with Gasteiger partial charge in [-0.2, -0.15) is 0 Å². The minimum atomic E-state index is 0.107. The normalized spacial score (nSPS) is 15.0. The second-order valence-electron chi connectivity index (χ2n) is 3.79. The van der Waals surface area contributed by atoms with E-state index in [0.29, 0.717) is 0 Å². The first-order valence-electron chi connectivity index (χ1n) is 4.86. The Morgan fingerprint density at radius 2 is 1.64 bits per heavy atom. The number of hydrogen-bond acceptors (Lipinski definition) is 1. The lowest BCUT2D eigenvalue weighted by Crippen LogP contribution is -2.39. The summed E-state index contributed by atoms with van der Waals surface area (Å²) in [7, 11) is 0. The number of hydrogen-bond donors (Lipinski definition) is 1. The fraction of sp³-hybridized carbons (Fsp3) is 1.00. The van der Waals surface area contributed by atoms with Crippen molar-refractivity contribution in [3.63, 3.8) is 0 Å². The van der Waals surface area contributed by atoms with E-state index in [1.807, 2.05) is 0 Å². The molecule has 0 radical (unpaired) electrons. The number of rotatable bonds is 5. The number of nitrogens with two attached hydrogens (primary N) is 1. The third kappa shape index (κ3) is 3.76. The van der Waals surface area contributed by atoms with Gasteiger partial charge in [-0.25, -0.2) is 0 Å². The molecule has 1 heteroatoms. The van der Waals surface area contributed by atoms with E-state index in [9.17, 15) is 0 Å². The minimum absolute atomic E-state index is 0.107. The van der Waals surface area contributed by atoms with Crippen LogP contribution < -0.4 is 5.73 Å². The van der Waals surface area contributed by atoms with E-state index < -0.39 is 0 Å². The SMILES string of the molecule is CCC(C)CC(N)(CC)CC. The van der Waals surface area contributed by atoms with Crippen molar-refractivity contribution in [2.24, 2.45) is 11.7 Å². The van der Waals surface area contributed by atoms with Crippen LogP contribution in [0.5, 0.6) is 0 Å². The van der Waals surface area contributed by atoms with Gasteiger partial charge in [0.1, 0.15) is 0 Å². The van der Waals surface area contributed by atoms with Crippen LogP contribution in [-0.4, -0.2) is 5.54 Å². The van der Waals surface area contributed by atoms with E-state index >= 15 is 0 Å². The van der Waals surface area contributed by atoms with Gasteiger partial charge in [-0.15, -0.1) is 0 Å². The molecule has 1 unspecified atom stereocenters. The van der Waals surface area contributed by atoms with Crippen LogP contribution in [0.25, 0.3) is 0 Å². The van der Waals surface area contributed by atoms with Gasteiger partial charge in [0.25, 0.3) is 0 Å². The van der Waals surface area contributed by atoms with Gasteiger partial charge in [0.2, 0.25) is 0 Å². The van der Waals surface area contributed by atoms with Gasteiger partial charge in [-0.05, 0) is 25.2 Å². The summed E-state index contributed by atoms with van der Waals surface area (Å²) in [6.45, 7) is 8.89. The van der Waals surface area contributed by atoms with Gasteiger partial charge in [-0.3, -0.25) is 0 Å². The zero-order chi connectivity index (χ0) is 8.91. The summed E-state index contributed by atoms with van der Waals surface area (Å²) in [5, 5.41) is 0. The highest BCUT2D eigenvalue weighted by Gasteiger charge is 2.21. The van der Waals surface area contributed by atoms with E-state index in [4.69, 9.17) is 5.73 Å². The molecule has 0 saturated carbocycles. The highest BCUT2D eigenvalue weighted by molar-refractivity contribution is 4.82. The summed E-state index contributed by atoms with van der Waals surface area (Å²) in [6.07, 6.45) is 4.64. The first kappa shape index (κ1) is 11.0. The average molecular weight is 157 g/mol. The standard InChI is InChI=1S/C10H23N/c1-5-9(4)8-10(11,6-2)7-3/h9H,5-8,11H2,1-4H3. The molecule has 0 aromatic heterocycles. The van der Waals surface area contributed by atoms with Crippen molar-refractivity contribution in [2.75, 3.05) is 0 Å². The maximum absolute atomic E-state index is 6.17. The zero-order valence-electron chi connectivity index (χ0n) is 8.48. The van der Waals surface area contributed by atoms with Crippen molar-refractivity contribution in [3.05, 3.63) is 0 Å². The van der Waals surface area contributed by atoms with Crippen LogP contribution in [0.2, 0.25) is 0 Å². The fourth-order valence-electron chi connectivity index (χ4n) is 1.38. The molecular weight excluding hydrogens is 134 g/mol. The van der Waals surface area contributed by atoms with Gasteiger partial charge in [-0.1, -0.05) is 34.1 Å². The molecule has 0 amide bonds. The van der Waals surface area contributed by atoms with Crippen LogP contribution in [0.1, 0.15) is 53.4 Å². The summed E-state index contributed by atoms with van der Waals surface area (Å²) >= 11 is 0. The third-order valence-electron chi connectivity index (χ3n) is 2.86. The summed E-state index contributed by atoms with van der Waals surface area (Å²) in [5.74, 6) is 0.778. The van der Waals surface area contributed by atoms with Gasteiger partial charge in [0, 0.05) is 5.54 Å². The summed E-state index contributed by atoms with van der Waals surface area (Å²) in [5.41, 5.74) is 6.28. The second kappa shape index (κ2) is 4.76. The van der Waals surface area contributed by atoms with E-state index in [2.05, 4.69) is 27.7 Å². The van der Waals surface area contributed by atoms with Crippen LogP contribution >= 0.6 is 0 Å². The lowest BCUT2D eigenvalue weighted by molar-refractivity contribution is 0.304. The predicted octanol–water partition coefficient (Wildman–Crippen LogP) is 2.94. The van der Waals surface area contributed by atoms with Crippen molar-refractivity contribution >= 4 is 0 Å². The Morgan fingerprint density at radius 1 is 1.18 bits per heavy atom. The smallest absolute Gasteiger partial charge is 0.0151 e. The van der Waals surface area contributed by atoms with Crippen LogP contribution in [-0.2, 0) is 0 Å². The van der Waals surface area contributed by atoms with Crippen LogP contribution in [0.15, 0.2) is 0 Å². The average Bonchev–Trinajstić information content (AvgIpc) is 2.04. The van der Waals surface area contributed by atoms with Crippen molar-refractivity contribution in [3.8, 4) is 0 Å². The van der Waals surface area contributed by atoms with Crippen molar-refractivity contribution < 1.29 is 0 Å². The van der Waals surface area contributed by atoms with Crippen molar-refractivity contribution in [1.29, 1.82) is 0 Å². The highest BCUT2D eigenvalue weighted by Crippen LogP contribution is 2.22. The zero-order valence-corrected chi connectivity index (χ0v) is 8.48. The molecule has 0 rings (SSSR count). The first-order chi connectivity index (χ1) is 5.08. The molecule has 0 aliphatic rings. The van der Waals surface area contributed by atoms with Crippen LogP contribution in [0.4, 0.5) is 0 Å². The molecule has 0 aromatic rings. The van der Waals surface area contributed by atoms with E-state index in [1.165, 1.54) is 12.8 Å². The first-order valence-corrected chi connectivity index (χ1v) is 4.86. The molecule has 0 aliphatic carbocycles. The molecule has 0 saturated heterocycles. The Hall–Kier alpha value is -0.0400. The monoisotopic (exact) mass is 157 g/mol. The van der Waals surface area contributed by atoms with Crippen LogP contribution in [0.3, 0.4) is 0 Å². The molecule has 1 nitrogen and oxygen atoms in total. The van der Waals surface area contributed by atoms with Gasteiger partial charge < -0.3 is 5.73 Å². The molecule has 0 spiro atoms. The molecule has 1 atom stereocenters. The molecule has 0 bridgehead atoms. The Labute approximate surface area is 71.4 Å². The molecular formula is C10H23N. The Bertz CT molecular complexity index is 95.0. The van der Waals surface area contributed by atoms with E-state index in [-0.39, 0.29) is 5.54 Å². The maximum atomic E-state index is 6.17. The van der Waals surface area contributed by atoms with E-state index in [0.717, 1.165) is 18.8 Å². The Morgan fingerprint density at radius 3 is 1.91 bits per heavy atom. The van der Waals surface area contributed by atoms with Gasteiger partial charge in [0.15, 0.2) is 0 Å². The lowest BCUT2D eigenvalue weighted by atomic mass is 9.84. The second-order valence-corrected chi connectivity index (χ2v) is 3.79. The molecule has 0 heterocycles. The lowest BCUT2D eigenvalue weighted by Gasteiger charge is -2.29. The maximum Gasteiger partial charge on any atom is 0.0151 e. The highest BCUT2D eigenvalue weighted by atomic mass is 14.7. The molecule has 0 fully saturated rings. The largest absolute Gasteiger partial charge is 0.325 e. The molecule has 68 valence electrons. The molecule has 0 aromatic carbocycles. The quantitative estimate of drug-likeness (QED) is 0.652. The topological polar surface area (TPSA) is 26.0 Å². The van der Waals surface area contributed by atoms with Gasteiger partial charge in [0.05, 0.1) is 0 Å². The summed E-state index contributed by atoms with van der Waals surface area (Å²) in [6, 6.07) is 0. The molecule has 11 heavy (non-hydrogen) atoms. The third-order valence-corrected chi connectivity index (χ3v) is 2.86. The van der Waals surface area contributed by atoms with Crippen molar-refractivity contribution in [2.45, 2.75) is 58.9 Å². The summed E-state index contributed by atoms with van der Waals surface area (Å²) in [4.78, 5) is 0. The Kier molecular flexibility index (Phi) is 4.74. The fourth-order valence-corrected chi connectivity index (χ4v) is 1.38. The molecule has 2 N–H and O–H groups in total. The van der Waals surface area contributed by atoms with Gasteiger partial charge >= 0.3 is 0 Å². The summed E-state index contributed by atoms with van der Waals surface area (Å²) < 4.78 is 0. The Balaban J connectivity index is 3.86. The van der Waals surface area contributed by atoms with Crippen molar-refractivity contribution in [1.82, 2.24) is 0 Å². The van der Waals surface area contributed by atoms with E-state index in [1.54, 1.807) is 0 Å². The predicted molar refractivity (Wildman–Crippen MR) is 51.6 cm³/mol.